The SMILES string of the molecule is CC(N)c1cccc(COCCCN(C)C(=O)OC(C)(C)C)c1. The normalized spacial score (nSPS) is 12.8. The molecular weight excluding hydrogens is 292 g/mol. The molecule has 0 bridgehead atoms. The standard InChI is InChI=1S/C18H30N2O3/c1-14(19)16-9-6-8-15(12-16)13-22-11-7-10-20(5)17(21)23-18(2,3)4/h6,8-9,12,14H,7,10-11,13,19H2,1-5H3. The zero-order valence-electron chi connectivity index (χ0n) is 15.0. The predicted octanol–water partition coefficient (Wildman–Crippen LogP) is 3.48. The van der Waals surface area contributed by atoms with Crippen LogP contribution in [0.25, 0.3) is 0 Å². The van der Waals surface area contributed by atoms with Crippen LogP contribution in [-0.2, 0) is 16.1 Å². The number of carbonyl (C=O) groups excluding carboxylic acids is 1. The molecule has 1 rings (SSSR count). The molecule has 5 heteroatoms. The zero-order valence-corrected chi connectivity index (χ0v) is 15.0. The molecule has 0 aliphatic rings. The van der Waals surface area contributed by atoms with Crippen LogP contribution >= 0.6 is 0 Å². The van der Waals surface area contributed by atoms with E-state index in [4.69, 9.17) is 15.2 Å². The molecule has 1 aromatic rings. The lowest BCUT2D eigenvalue weighted by Crippen LogP contribution is -2.35. The van der Waals surface area contributed by atoms with Gasteiger partial charge in [0.2, 0.25) is 0 Å². The summed E-state index contributed by atoms with van der Waals surface area (Å²) in [5.41, 5.74) is 7.63. The highest BCUT2D eigenvalue weighted by molar-refractivity contribution is 5.67. The molecule has 1 atom stereocenters. The average Bonchev–Trinajstić information content (AvgIpc) is 2.45. The van der Waals surface area contributed by atoms with Gasteiger partial charge in [-0.3, -0.25) is 0 Å². The lowest BCUT2D eigenvalue weighted by atomic mass is 10.1. The number of amides is 1. The number of nitrogens with two attached hydrogens (primary N) is 1. The highest BCUT2D eigenvalue weighted by Gasteiger charge is 2.19. The van der Waals surface area contributed by atoms with Gasteiger partial charge < -0.3 is 20.1 Å². The van der Waals surface area contributed by atoms with Gasteiger partial charge in [0.05, 0.1) is 6.61 Å². The van der Waals surface area contributed by atoms with Crippen LogP contribution in [0.1, 0.15) is 51.3 Å². The maximum Gasteiger partial charge on any atom is 0.410 e. The Balaban J connectivity index is 2.25. The second-order valence-electron chi connectivity index (χ2n) is 6.84. The highest BCUT2D eigenvalue weighted by atomic mass is 16.6. The summed E-state index contributed by atoms with van der Waals surface area (Å²) >= 11 is 0. The molecule has 0 aliphatic carbocycles. The van der Waals surface area contributed by atoms with Gasteiger partial charge in [0.25, 0.3) is 0 Å². The van der Waals surface area contributed by atoms with Gasteiger partial charge in [0.15, 0.2) is 0 Å². The quantitative estimate of drug-likeness (QED) is 0.781. The van der Waals surface area contributed by atoms with E-state index in [9.17, 15) is 4.79 Å². The molecule has 0 spiro atoms. The first-order valence-corrected chi connectivity index (χ1v) is 8.05. The Bertz CT molecular complexity index is 495. The van der Waals surface area contributed by atoms with Crippen molar-refractivity contribution in [3.8, 4) is 0 Å². The van der Waals surface area contributed by atoms with Gasteiger partial charge in [0, 0.05) is 26.2 Å². The molecule has 0 fully saturated rings. The van der Waals surface area contributed by atoms with Crippen LogP contribution in [0.2, 0.25) is 0 Å². The van der Waals surface area contributed by atoms with Crippen LogP contribution in [0.5, 0.6) is 0 Å². The van der Waals surface area contributed by atoms with Crippen molar-refractivity contribution in [2.24, 2.45) is 5.73 Å². The molecule has 2 N–H and O–H groups in total. The van der Waals surface area contributed by atoms with Gasteiger partial charge in [-0.2, -0.15) is 0 Å². The second kappa shape index (κ2) is 8.89. The van der Waals surface area contributed by atoms with Crippen molar-refractivity contribution in [1.29, 1.82) is 0 Å². The van der Waals surface area contributed by atoms with E-state index >= 15 is 0 Å². The summed E-state index contributed by atoms with van der Waals surface area (Å²) in [6, 6.07) is 8.13. The first-order valence-electron chi connectivity index (χ1n) is 8.05. The van der Waals surface area contributed by atoms with Gasteiger partial charge in [-0.15, -0.1) is 0 Å². The molecule has 0 radical (unpaired) electrons. The van der Waals surface area contributed by atoms with Gasteiger partial charge in [-0.1, -0.05) is 24.3 Å². The zero-order chi connectivity index (χ0) is 17.5. The summed E-state index contributed by atoms with van der Waals surface area (Å²) in [4.78, 5) is 13.4. The number of ether oxygens (including phenoxy) is 2. The lowest BCUT2D eigenvalue weighted by molar-refractivity contribution is 0.0276. The maximum absolute atomic E-state index is 11.8. The Morgan fingerprint density at radius 1 is 1.35 bits per heavy atom. The van der Waals surface area contributed by atoms with E-state index in [0.717, 1.165) is 17.5 Å². The van der Waals surface area contributed by atoms with E-state index in [2.05, 4.69) is 6.07 Å². The Hall–Kier alpha value is -1.59. The van der Waals surface area contributed by atoms with Gasteiger partial charge in [0.1, 0.15) is 5.60 Å². The second-order valence-corrected chi connectivity index (χ2v) is 6.84. The number of nitrogens with zero attached hydrogens (tertiary/aromatic N) is 1. The maximum atomic E-state index is 11.8. The first-order chi connectivity index (χ1) is 10.7. The summed E-state index contributed by atoms with van der Waals surface area (Å²) in [5, 5.41) is 0. The third-order valence-electron chi connectivity index (χ3n) is 3.23. The van der Waals surface area contributed by atoms with E-state index in [1.165, 1.54) is 0 Å². The number of carbonyl (C=O) groups is 1. The molecule has 1 aromatic carbocycles. The number of benzene rings is 1. The van der Waals surface area contributed by atoms with Crippen molar-refractivity contribution in [3.63, 3.8) is 0 Å². The minimum atomic E-state index is -0.465. The molecule has 5 nitrogen and oxygen atoms in total. The molecule has 0 saturated heterocycles. The highest BCUT2D eigenvalue weighted by Crippen LogP contribution is 2.13. The third kappa shape index (κ3) is 8.00. The van der Waals surface area contributed by atoms with Crippen LogP contribution < -0.4 is 5.73 Å². The van der Waals surface area contributed by atoms with Crippen molar-refractivity contribution >= 4 is 6.09 Å². The molecular formula is C18H30N2O3. The van der Waals surface area contributed by atoms with Crippen LogP contribution in [0.15, 0.2) is 24.3 Å². The van der Waals surface area contributed by atoms with Gasteiger partial charge in [-0.05, 0) is 45.2 Å². The van der Waals surface area contributed by atoms with Gasteiger partial charge >= 0.3 is 6.09 Å². The summed E-state index contributed by atoms with van der Waals surface area (Å²) in [6.07, 6.45) is 0.463. The molecule has 0 aliphatic heterocycles. The van der Waals surface area contributed by atoms with Crippen molar-refractivity contribution in [2.75, 3.05) is 20.2 Å². The van der Waals surface area contributed by atoms with Crippen LogP contribution in [-0.4, -0.2) is 36.8 Å². The van der Waals surface area contributed by atoms with Crippen LogP contribution in [0.3, 0.4) is 0 Å². The van der Waals surface area contributed by atoms with Crippen molar-refractivity contribution < 1.29 is 14.3 Å². The Labute approximate surface area is 139 Å². The monoisotopic (exact) mass is 322 g/mol. The number of rotatable bonds is 7. The largest absolute Gasteiger partial charge is 0.444 e. The molecule has 0 heterocycles. The van der Waals surface area contributed by atoms with Crippen molar-refractivity contribution in [2.45, 2.75) is 52.4 Å². The Morgan fingerprint density at radius 3 is 2.65 bits per heavy atom. The van der Waals surface area contributed by atoms with E-state index in [1.807, 2.05) is 45.9 Å². The summed E-state index contributed by atoms with van der Waals surface area (Å²) in [6.45, 7) is 9.29. The summed E-state index contributed by atoms with van der Waals surface area (Å²) < 4.78 is 11.0. The van der Waals surface area contributed by atoms with Crippen molar-refractivity contribution in [1.82, 2.24) is 4.90 Å². The fourth-order valence-corrected chi connectivity index (χ4v) is 1.99. The number of hydrogen-bond acceptors (Lipinski definition) is 4. The average molecular weight is 322 g/mol. The summed E-state index contributed by atoms with van der Waals surface area (Å²) in [7, 11) is 1.74. The molecule has 130 valence electrons. The fourth-order valence-electron chi connectivity index (χ4n) is 1.99. The van der Waals surface area contributed by atoms with E-state index in [1.54, 1.807) is 11.9 Å². The van der Waals surface area contributed by atoms with Crippen LogP contribution in [0.4, 0.5) is 4.79 Å². The molecule has 23 heavy (non-hydrogen) atoms. The Morgan fingerprint density at radius 2 is 2.04 bits per heavy atom. The Kier molecular flexibility index (Phi) is 7.52. The predicted molar refractivity (Wildman–Crippen MR) is 92.2 cm³/mol. The van der Waals surface area contributed by atoms with Crippen LogP contribution in [0, 0.1) is 0 Å². The molecule has 0 aromatic heterocycles. The van der Waals surface area contributed by atoms with Crippen molar-refractivity contribution in [3.05, 3.63) is 35.4 Å². The third-order valence-corrected chi connectivity index (χ3v) is 3.23. The smallest absolute Gasteiger partial charge is 0.410 e. The summed E-state index contributed by atoms with van der Waals surface area (Å²) in [5.74, 6) is 0. The van der Waals surface area contributed by atoms with E-state index < -0.39 is 5.60 Å². The fraction of sp³-hybridized carbons (Fsp3) is 0.611. The van der Waals surface area contributed by atoms with E-state index in [-0.39, 0.29) is 12.1 Å². The minimum absolute atomic E-state index is 0.0254. The number of hydrogen-bond donors (Lipinski definition) is 1. The first kappa shape index (κ1) is 19.5. The minimum Gasteiger partial charge on any atom is -0.444 e. The molecule has 1 amide bonds. The molecule has 1 unspecified atom stereocenters. The topological polar surface area (TPSA) is 64.8 Å². The van der Waals surface area contributed by atoms with E-state index in [0.29, 0.717) is 19.8 Å². The van der Waals surface area contributed by atoms with Gasteiger partial charge in [-0.25, -0.2) is 4.79 Å². The lowest BCUT2D eigenvalue weighted by Gasteiger charge is -2.24. The molecule has 0 saturated carbocycles.